The Morgan fingerprint density at radius 1 is 1.67 bits per heavy atom. The van der Waals surface area contributed by atoms with Crippen LogP contribution in [0.1, 0.15) is 6.92 Å². The number of amides is 1. The summed E-state index contributed by atoms with van der Waals surface area (Å²) in [6.45, 7) is 1.69. The van der Waals surface area contributed by atoms with E-state index in [-0.39, 0.29) is 6.61 Å². The van der Waals surface area contributed by atoms with Gasteiger partial charge >= 0.3 is 11.9 Å². The van der Waals surface area contributed by atoms with Gasteiger partial charge in [0, 0.05) is 0 Å². The molecule has 5 heteroatoms. The van der Waals surface area contributed by atoms with E-state index in [2.05, 4.69) is 9.85 Å². The van der Waals surface area contributed by atoms with Crippen LogP contribution in [0.2, 0.25) is 0 Å². The molecule has 9 heavy (non-hydrogen) atoms. The third kappa shape index (κ3) is 2.53. The zero-order valence-corrected chi connectivity index (χ0v) is 4.88. The molecular weight excluding hydrogens is 124 g/mol. The summed E-state index contributed by atoms with van der Waals surface area (Å²) in [5, 5.41) is 2.34. The van der Waals surface area contributed by atoms with Gasteiger partial charge in [-0.25, -0.2) is 10.3 Å². The van der Waals surface area contributed by atoms with Crippen molar-refractivity contribution < 1.29 is 14.3 Å². The van der Waals surface area contributed by atoms with Gasteiger partial charge in [-0.15, -0.1) is 5.11 Å². The van der Waals surface area contributed by atoms with Crippen LogP contribution in [0.3, 0.4) is 0 Å². The average molecular weight is 130 g/mol. The molecule has 1 N–H and O–H groups in total. The number of nitrogens with zero attached hydrogens (tertiary/aromatic N) is 1. The number of hydrogen-bond acceptors (Lipinski definition) is 4. The van der Waals surface area contributed by atoms with Crippen molar-refractivity contribution in [2.45, 2.75) is 6.92 Å². The maximum atomic E-state index is 10.2. The molecule has 0 bridgehead atoms. The first-order chi connectivity index (χ1) is 4.22. The standard InChI is InChI=1S/C4H6N2O3/c1-2-9-4(8)3(7)6-5/h5H,2H2,1H3. The van der Waals surface area contributed by atoms with Crippen molar-refractivity contribution in [3.05, 3.63) is 0 Å². The summed E-state index contributed by atoms with van der Waals surface area (Å²) >= 11 is 0. The Labute approximate surface area is 51.5 Å². The highest BCUT2D eigenvalue weighted by Crippen LogP contribution is 1.80. The highest BCUT2D eigenvalue weighted by Gasteiger charge is 2.11. The molecule has 0 rings (SSSR count). The van der Waals surface area contributed by atoms with Crippen LogP contribution >= 0.6 is 0 Å². The number of carbonyl (C=O) groups excluding carboxylic acids is 2. The number of esters is 1. The second-order valence-corrected chi connectivity index (χ2v) is 1.14. The van der Waals surface area contributed by atoms with E-state index in [1.165, 1.54) is 0 Å². The molecule has 0 aromatic heterocycles. The minimum Gasteiger partial charge on any atom is -0.459 e. The molecule has 5 nitrogen and oxygen atoms in total. The molecule has 0 fully saturated rings. The second-order valence-electron chi connectivity index (χ2n) is 1.14. The fourth-order valence-electron chi connectivity index (χ4n) is 0.238. The molecular formula is C4H6N2O3. The number of ether oxygens (including phenoxy) is 1. The average Bonchev–Trinajstić information content (AvgIpc) is 1.87. The second kappa shape index (κ2) is 3.71. The Hall–Kier alpha value is -1.26. The highest BCUT2D eigenvalue weighted by atomic mass is 16.5. The van der Waals surface area contributed by atoms with E-state index in [0.717, 1.165) is 0 Å². The van der Waals surface area contributed by atoms with E-state index >= 15 is 0 Å². The Balaban J connectivity index is 3.73. The van der Waals surface area contributed by atoms with Crippen LogP contribution in [-0.2, 0) is 14.3 Å². The summed E-state index contributed by atoms with van der Waals surface area (Å²) in [5.41, 5.74) is 6.09. The van der Waals surface area contributed by atoms with Crippen molar-refractivity contribution in [1.82, 2.24) is 0 Å². The topological polar surface area (TPSA) is 79.6 Å². The predicted molar refractivity (Wildman–Crippen MR) is 26.8 cm³/mol. The summed E-state index contributed by atoms with van der Waals surface area (Å²) in [6, 6.07) is 0. The van der Waals surface area contributed by atoms with E-state index in [9.17, 15) is 9.59 Å². The first kappa shape index (κ1) is 7.74. The minimum atomic E-state index is -1.17. The lowest BCUT2D eigenvalue weighted by atomic mass is 10.6. The Kier molecular flexibility index (Phi) is 3.19. The Bertz CT molecular complexity index is 143. The predicted octanol–water partition coefficient (Wildman–Crippen LogP) is 0.107. The Morgan fingerprint density at radius 3 is 2.56 bits per heavy atom. The van der Waals surface area contributed by atoms with Crippen LogP contribution in [-0.4, -0.2) is 18.5 Å². The minimum absolute atomic E-state index is 0.125. The van der Waals surface area contributed by atoms with Gasteiger partial charge in [-0.05, 0) is 6.92 Å². The summed E-state index contributed by atoms with van der Waals surface area (Å²) in [6.07, 6.45) is 0. The summed E-state index contributed by atoms with van der Waals surface area (Å²) < 4.78 is 4.19. The van der Waals surface area contributed by atoms with Crippen molar-refractivity contribution in [2.24, 2.45) is 5.11 Å². The van der Waals surface area contributed by atoms with Gasteiger partial charge < -0.3 is 4.74 Å². The summed E-state index contributed by atoms with van der Waals surface area (Å²) in [4.78, 5) is 20.3. The molecule has 0 saturated heterocycles. The van der Waals surface area contributed by atoms with Crippen molar-refractivity contribution >= 4 is 11.9 Å². The van der Waals surface area contributed by atoms with Crippen LogP contribution in [0.15, 0.2) is 5.11 Å². The van der Waals surface area contributed by atoms with Crippen molar-refractivity contribution in [3.8, 4) is 0 Å². The molecule has 0 aromatic carbocycles. The molecule has 0 unspecified atom stereocenters. The van der Waals surface area contributed by atoms with Crippen molar-refractivity contribution in [3.63, 3.8) is 0 Å². The molecule has 50 valence electrons. The third-order valence-electron chi connectivity index (χ3n) is 0.552. The fraction of sp³-hybridized carbons (Fsp3) is 0.500. The van der Waals surface area contributed by atoms with Crippen LogP contribution < -0.4 is 0 Å². The zero-order valence-electron chi connectivity index (χ0n) is 4.88. The van der Waals surface area contributed by atoms with Crippen LogP contribution in [0, 0.1) is 5.53 Å². The van der Waals surface area contributed by atoms with Gasteiger partial charge in [-0.1, -0.05) is 0 Å². The summed E-state index contributed by atoms with van der Waals surface area (Å²) in [5.74, 6) is -2.25. The lowest BCUT2D eigenvalue weighted by Gasteiger charge is -1.92. The molecule has 0 aliphatic heterocycles. The first-order valence-electron chi connectivity index (χ1n) is 2.31. The largest absolute Gasteiger partial charge is 0.459 e. The fourth-order valence-corrected chi connectivity index (χ4v) is 0.238. The van der Waals surface area contributed by atoms with E-state index in [1.54, 1.807) is 6.92 Å². The zero-order chi connectivity index (χ0) is 7.28. The number of nitrogens with one attached hydrogen (secondary N) is 1. The van der Waals surface area contributed by atoms with E-state index < -0.39 is 11.9 Å². The molecule has 0 aromatic rings. The van der Waals surface area contributed by atoms with Crippen molar-refractivity contribution in [1.29, 1.82) is 5.53 Å². The molecule has 0 aliphatic rings. The maximum Gasteiger partial charge on any atom is 0.400 e. The number of rotatable bonds is 1. The maximum absolute atomic E-state index is 10.2. The lowest BCUT2D eigenvalue weighted by Crippen LogP contribution is -2.13. The lowest BCUT2D eigenvalue weighted by molar-refractivity contribution is -0.153. The van der Waals surface area contributed by atoms with Gasteiger partial charge in [0.25, 0.3) is 0 Å². The molecule has 0 heterocycles. The molecule has 0 spiro atoms. The van der Waals surface area contributed by atoms with Gasteiger partial charge in [0.1, 0.15) is 0 Å². The monoisotopic (exact) mass is 130 g/mol. The summed E-state index contributed by atoms with van der Waals surface area (Å²) in [7, 11) is 0. The molecule has 0 saturated carbocycles. The van der Waals surface area contributed by atoms with Crippen LogP contribution in [0.5, 0.6) is 0 Å². The third-order valence-corrected chi connectivity index (χ3v) is 0.552. The van der Waals surface area contributed by atoms with Crippen molar-refractivity contribution in [2.75, 3.05) is 6.61 Å². The van der Waals surface area contributed by atoms with Crippen LogP contribution in [0.25, 0.3) is 0 Å². The van der Waals surface area contributed by atoms with Gasteiger partial charge in [-0.3, -0.25) is 4.79 Å². The highest BCUT2D eigenvalue weighted by molar-refractivity contribution is 6.32. The van der Waals surface area contributed by atoms with Gasteiger partial charge in [-0.2, -0.15) is 0 Å². The van der Waals surface area contributed by atoms with Gasteiger partial charge in [0.2, 0.25) is 0 Å². The Morgan fingerprint density at radius 2 is 2.22 bits per heavy atom. The molecule has 0 radical (unpaired) electrons. The normalized spacial score (nSPS) is 8.11. The van der Waals surface area contributed by atoms with E-state index in [0.29, 0.717) is 0 Å². The van der Waals surface area contributed by atoms with Gasteiger partial charge in [0.05, 0.1) is 6.61 Å². The smallest absolute Gasteiger partial charge is 0.400 e. The molecule has 0 atom stereocenters. The van der Waals surface area contributed by atoms with Gasteiger partial charge in [0.15, 0.2) is 0 Å². The quantitative estimate of drug-likeness (QED) is 0.310. The van der Waals surface area contributed by atoms with E-state index in [4.69, 9.17) is 5.53 Å². The SMILES string of the molecule is CCOC(=O)C(=O)N=N. The first-order valence-corrected chi connectivity index (χ1v) is 2.31. The number of hydrogen-bond donors (Lipinski definition) is 1. The molecule has 1 amide bonds. The van der Waals surface area contributed by atoms with E-state index in [1.807, 2.05) is 0 Å². The van der Waals surface area contributed by atoms with Crippen LogP contribution in [0.4, 0.5) is 0 Å². The molecule has 0 aliphatic carbocycles. The number of carbonyl (C=O) groups is 2.